The summed E-state index contributed by atoms with van der Waals surface area (Å²) >= 11 is 1.61. The third kappa shape index (κ3) is 7.60. The summed E-state index contributed by atoms with van der Waals surface area (Å²) < 4.78 is 36.5. The SMILES string of the molecule is COC(=O)[C@H](CCSC)NC(=O)c1nccc2ccccc12.O=C(O)C(F)(F)F. The fraction of sp³-hybridized carbons (Fsp3) is 0.333. The van der Waals surface area contributed by atoms with Crippen molar-refractivity contribution in [3.63, 3.8) is 0 Å². The second-order valence-corrected chi connectivity index (χ2v) is 6.50. The van der Waals surface area contributed by atoms with Gasteiger partial charge in [0.2, 0.25) is 0 Å². The maximum absolute atomic E-state index is 12.5. The Bertz CT molecular complexity index is 856. The van der Waals surface area contributed by atoms with E-state index in [-0.39, 0.29) is 5.91 Å². The summed E-state index contributed by atoms with van der Waals surface area (Å²) in [5, 5.41) is 11.5. The number of fused-ring (bicyclic) bond motifs is 1. The van der Waals surface area contributed by atoms with Gasteiger partial charge in [-0.1, -0.05) is 24.3 Å². The molecule has 1 aromatic heterocycles. The van der Waals surface area contributed by atoms with Gasteiger partial charge in [0.05, 0.1) is 7.11 Å². The van der Waals surface area contributed by atoms with Crippen molar-refractivity contribution in [2.24, 2.45) is 0 Å². The molecule has 0 aliphatic rings. The number of thioether (sulfide) groups is 1. The van der Waals surface area contributed by atoms with Gasteiger partial charge < -0.3 is 15.2 Å². The average Bonchev–Trinajstić information content (AvgIpc) is 2.69. The van der Waals surface area contributed by atoms with Crippen LogP contribution in [0.4, 0.5) is 13.2 Å². The van der Waals surface area contributed by atoms with Crippen LogP contribution in [0.2, 0.25) is 0 Å². The minimum atomic E-state index is -5.08. The largest absolute Gasteiger partial charge is 0.490 e. The van der Waals surface area contributed by atoms with Gasteiger partial charge in [0.1, 0.15) is 11.7 Å². The van der Waals surface area contributed by atoms with Crippen molar-refractivity contribution in [3.05, 3.63) is 42.2 Å². The van der Waals surface area contributed by atoms with Gasteiger partial charge in [0.15, 0.2) is 0 Å². The number of halogens is 3. The molecule has 11 heteroatoms. The molecule has 0 aliphatic heterocycles. The number of nitrogens with zero attached hydrogens (tertiary/aromatic N) is 1. The Morgan fingerprint density at radius 3 is 2.41 bits per heavy atom. The molecule has 1 aromatic carbocycles. The van der Waals surface area contributed by atoms with Crippen molar-refractivity contribution in [1.29, 1.82) is 0 Å². The number of aromatic nitrogens is 1. The first-order valence-electron chi connectivity index (χ1n) is 8.13. The number of hydrogen-bond donors (Lipinski definition) is 2. The Labute approximate surface area is 168 Å². The van der Waals surface area contributed by atoms with E-state index >= 15 is 0 Å². The monoisotopic (exact) mass is 432 g/mol. The molecule has 0 saturated carbocycles. The molecule has 0 saturated heterocycles. The van der Waals surface area contributed by atoms with Gasteiger partial charge in [-0.2, -0.15) is 24.9 Å². The molecule has 1 heterocycles. The van der Waals surface area contributed by atoms with Crippen LogP contribution in [0.3, 0.4) is 0 Å². The van der Waals surface area contributed by atoms with Gasteiger partial charge in [-0.15, -0.1) is 0 Å². The maximum atomic E-state index is 12.5. The van der Waals surface area contributed by atoms with Gasteiger partial charge >= 0.3 is 18.1 Å². The first kappa shape index (κ1) is 24.2. The third-order valence-electron chi connectivity index (χ3n) is 3.53. The summed E-state index contributed by atoms with van der Waals surface area (Å²) in [5.41, 5.74) is 0.316. The molecule has 0 unspecified atom stereocenters. The van der Waals surface area contributed by atoms with Gasteiger partial charge in [-0.3, -0.25) is 9.78 Å². The van der Waals surface area contributed by atoms with E-state index < -0.39 is 24.2 Å². The number of hydrogen-bond acceptors (Lipinski definition) is 6. The minimum Gasteiger partial charge on any atom is -0.475 e. The Hall–Kier alpha value is -2.82. The van der Waals surface area contributed by atoms with E-state index in [4.69, 9.17) is 14.6 Å². The van der Waals surface area contributed by atoms with Gasteiger partial charge in [0.25, 0.3) is 5.91 Å². The lowest BCUT2D eigenvalue weighted by Gasteiger charge is -2.16. The van der Waals surface area contributed by atoms with Gasteiger partial charge in [0, 0.05) is 11.6 Å². The lowest BCUT2D eigenvalue weighted by atomic mass is 10.1. The van der Waals surface area contributed by atoms with Crippen LogP contribution >= 0.6 is 11.8 Å². The number of carbonyl (C=O) groups is 3. The van der Waals surface area contributed by atoms with Crippen molar-refractivity contribution in [3.8, 4) is 0 Å². The summed E-state index contributed by atoms with van der Waals surface area (Å²) in [6, 6.07) is 8.70. The highest BCUT2D eigenvalue weighted by molar-refractivity contribution is 7.98. The highest BCUT2D eigenvalue weighted by Crippen LogP contribution is 2.16. The number of methoxy groups -OCH3 is 1. The number of rotatable bonds is 6. The van der Waals surface area contributed by atoms with Crippen LogP contribution in [-0.4, -0.2) is 59.3 Å². The number of alkyl halides is 3. The highest BCUT2D eigenvalue weighted by atomic mass is 32.2. The summed E-state index contributed by atoms with van der Waals surface area (Å²) in [6.45, 7) is 0. The average molecular weight is 432 g/mol. The standard InChI is InChI=1S/C16H18N2O3S.C2HF3O2/c1-21-16(20)13(8-10-22-2)18-15(19)14-12-6-4-3-5-11(12)7-9-17-14;3-2(4,5)1(6)7/h3-7,9,13H,8,10H2,1-2H3,(H,18,19);(H,6,7)/t13-;/m0./s1. The maximum Gasteiger partial charge on any atom is 0.490 e. The topological polar surface area (TPSA) is 106 Å². The first-order valence-corrected chi connectivity index (χ1v) is 9.52. The molecule has 29 heavy (non-hydrogen) atoms. The van der Waals surface area contributed by atoms with Crippen molar-refractivity contribution in [1.82, 2.24) is 10.3 Å². The molecule has 0 spiro atoms. The van der Waals surface area contributed by atoms with Gasteiger partial charge in [-0.05, 0) is 29.9 Å². The number of carbonyl (C=O) groups excluding carboxylic acids is 2. The lowest BCUT2D eigenvalue weighted by Crippen LogP contribution is -2.42. The predicted molar refractivity (Wildman–Crippen MR) is 102 cm³/mol. The van der Waals surface area contributed by atoms with Crippen LogP contribution in [0.15, 0.2) is 36.5 Å². The van der Waals surface area contributed by atoms with E-state index in [0.717, 1.165) is 16.5 Å². The smallest absolute Gasteiger partial charge is 0.475 e. The molecule has 1 atom stereocenters. The van der Waals surface area contributed by atoms with Crippen LogP contribution in [0.25, 0.3) is 10.8 Å². The number of carboxylic acids is 1. The van der Waals surface area contributed by atoms with Gasteiger partial charge in [-0.25, -0.2) is 9.59 Å². The first-order chi connectivity index (χ1) is 13.6. The number of benzene rings is 1. The molecule has 2 rings (SSSR count). The zero-order valence-electron chi connectivity index (χ0n) is 15.5. The molecule has 0 bridgehead atoms. The van der Waals surface area contributed by atoms with Crippen LogP contribution in [0, 0.1) is 0 Å². The van der Waals surface area contributed by atoms with Crippen LogP contribution < -0.4 is 5.32 Å². The number of pyridine rings is 1. The zero-order chi connectivity index (χ0) is 22.0. The Morgan fingerprint density at radius 1 is 1.24 bits per heavy atom. The second-order valence-electron chi connectivity index (χ2n) is 5.51. The number of aliphatic carboxylic acids is 1. The van der Waals surface area contributed by atoms with Crippen LogP contribution in [0.5, 0.6) is 0 Å². The van der Waals surface area contributed by atoms with E-state index in [0.29, 0.717) is 12.1 Å². The molecule has 1 amide bonds. The Balaban J connectivity index is 0.000000516. The highest BCUT2D eigenvalue weighted by Gasteiger charge is 2.38. The van der Waals surface area contributed by atoms with E-state index in [1.807, 2.05) is 36.6 Å². The predicted octanol–water partition coefficient (Wildman–Crippen LogP) is 2.89. The fourth-order valence-corrected chi connectivity index (χ4v) is 2.63. The Morgan fingerprint density at radius 2 is 1.86 bits per heavy atom. The zero-order valence-corrected chi connectivity index (χ0v) is 16.3. The Kier molecular flexibility index (Phi) is 9.39. The van der Waals surface area contributed by atoms with Crippen molar-refractivity contribution >= 4 is 40.4 Å². The van der Waals surface area contributed by atoms with E-state index in [9.17, 15) is 22.8 Å². The number of carboxylic acid groups (broad SMARTS) is 1. The summed E-state index contributed by atoms with van der Waals surface area (Å²) in [7, 11) is 1.32. The molecule has 7 nitrogen and oxygen atoms in total. The third-order valence-corrected chi connectivity index (χ3v) is 4.18. The number of amides is 1. The normalized spacial score (nSPS) is 11.8. The van der Waals surface area contributed by atoms with Crippen molar-refractivity contribution in [2.45, 2.75) is 18.6 Å². The van der Waals surface area contributed by atoms with E-state index in [1.54, 1.807) is 18.0 Å². The molecule has 2 N–H and O–H groups in total. The fourth-order valence-electron chi connectivity index (χ4n) is 2.15. The van der Waals surface area contributed by atoms with Crippen LogP contribution in [0.1, 0.15) is 16.9 Å². The molecule has 0 aliphatic carbocycles. The molecule has 158 valence electrons. The number of nitrogens with one attached hydrogen (secondary N) is 1. The summed E-state index contributed by atoms with van der Waals surface area (Å²) in [4.78, 5) is 37.3. The van der Waals surface area contributed by atoms with Crippen molar-refractivity contribution < 1.29 is 37.4 Å². The minimum absolute atomic E-state index is 0.316. The molecule has 0 radical (unpaired) electrons. The summed E-state index contributed by atoms with van der Waals surface area (Å²) in [6.07, 6.45) is -1.03. The molecular weight excluding hydrogens is 413 g/mol. The quantitative estimate of drug-likeness (QED) is 0.676. The van der Waals surface area contributed by atoms with Crippen LogP contribution in [-0.2, 0) is 14.3 Å². The van der Waals surface area contributed by atoms with Crippen molar-refractivity contribution in [2.75, 3.05) is 19.1 Å². The molecule has 0 fully saturated rings. The van der Waals surface area contributed by atoms with E-state index in [1.165, 1.54) is 7.11 Å². The number of ether oxygens (including phenoxy) is 1. The summed E-state index contributed by atoms with van der Waals surface area (Å²) in [5.74, 6) is -2.81. The second kappa shape index (κ2) is 11.2. The number of esters is 1. The van der Waals surface area contributed by atoms with E-state index in [2.05, 4.69) is 10.3 Å². The molecular formula is C18H19F3N2O5S. The molecule has 2 aromatic rings. The lowest BCUT2D eigenvalue weighted by molar-refractivity contribution is -0.192.